The van der Waals surface area contributed by atoms with Crippen molar-refractivity contribution in [3.8, 4) is 11.5 Å². The Hall–Kier alpha value is -1.59. The summed E-state index contributed by atoms with van der Waals surface area (Å²) in [7, 11) is 0. The third-order valence-corrected chi connectivity index (χ3v) is 6.11. The minimum absolute atomic E-state index is 0.00339. The summed E-state index contributed by atoms with van der Waals surface area (Å²) < 4.78 is 5.77. The molecule has 1 aliphatic heterocycles. The first-order valence-electron chi connectivity index (χ1n) is 8.91. The van der Waals surface area contributed by atoms with Crippen molar-refractivity contribution in [2.75, 3.05) is 0 Å². The highest BCUT2D eigenvalue weighted by Gasteiger charge is 2.58. The number of carbonyl (C=O) groups is 1. The molecule has 138 valence electrons. The molecule has 4 unspecified atom stereocenters. The second kappa shape index (κ2) is 5.71. The van der Waals surface area contributed by atoms with E-state index in [0.717, 1.165) is 6.29 Å². The molecular formula is C20H28O5. The largest absolute Gasteiger partial charge is 0.504 e. The summed E-state index contributed by atoms with van der Waals surface area (Å²) in [6, 6.07) is 1.71. The first-order valence-corrected chi connectivity index (χ1v) is 8.91. The van der Waals surface area contributed by atoms with Gasteiger partial charge in [-0.2, -0.15) is 0 Å². The molecule has 0 aromatic heterocycles. The lowest BCUT2D eigenvalue weighted by molar-refractivity contribution is -0.172. The van der Waals surface area contributed by atoms with Crippen molar-refractivity contribution in [1.29, 1.82) is 0 Å². The molecule has 25 heavy (non-hydrogen) atoms. The van der Waals surface area contributed by atoms with Crippen molar-refractivity contribution >= 4 is 6.29 Å². The van der Waals surface area contributed by atoms with Gasteiger partial charge in [0.15, 0.2) is 17.8 Å². The van der Waals surface area contributed by atoms with E-state index in [4.69, 9.17) is 4.74 Å². The zero-order valence-corrected chi connectivity index (χ0v) is 15.5. The minimum atomic E-state index is -1.10. The topological polar surface area (TPSA) is 87.0 Å². The first-order chi connectivity index (χ1) is 11.5. The highest BCUT2D eigenvalue weighted by molar-refractivity contribution is 5.82. The number of aliphatic hydroxyl groups is 2. The van der Waals surface area contributed by atoms with Crippen LogP contribution < -0.4 is 4.74 Å². The van der Waals surface area contributed by atoms with Crippen molar-refractivity contribution in [1.82, 2.24) is 0 Å². The molecule has 1 aromatic carbocycles. The van der Waals surface area contributed by atoms with E-state index in [-0.39, 0.29) is 28.7 Å². The average molecular weight is 348 g/mol. The van der Waals surface area contributed by atoms with Crippen LogP contribution in [-0.2, 0) is 5.41 Å². The van der Waals surface area contributed by atoms with Crippen LogP contribution in [0.15, 0.2) is 6.07 Å². The fourth-order valence-electron chi connectivity index (χ4n) is 5.36. The summed E-state index contributed by atoms with van der Waals surface area (Å²) in [5, 5.41) is 31.9. The molecule has 5 heteroatoms. The molecule has 0 saturated heterocycles. The number of hydrogen-bond acceptors (Lipinski definition) is 5. The second-order valence-corrected chi connectivity index (χ2v) is 8.83. The summed E-state index contributed by atoms with van der Waals surface area (Å²) in [5.74, 6) is -0.126. The van der Waals surface area contributed by atoms with Gasteiger partial charge in [-0.05, 0) is 30.2 Å². The Morgan fingerprint density at radius 2 is 1.88 bits per heavy atom. The number of aliphatic hydroxyl groups excluding tert-OH is 2. The summed E-state index contributed by atoms with van der Waals surface area (Å²) >= 11 is 0. The second-order valence-electron chi connectivity index (χ2n) is 8.83. The van der Waals surface area contributed by atoms with Gasteiger partial charge in [0.25, 0.3) is 0 Å². The number of carbonyl (C=O) groups excluding carboxylic acids is 1. The van der Waals surface area contributed by atoms with Crippen molar-refractivity contribution < 1.29 is 24.9 Å². The van der Waals surface area contributed by atoms with Crippen LogP contribution in [0.1, 0.15) is 74.9 Å². The van der Waals surface area contributed by atoms with Crippen molar-refractivity contribution in [3.05, 3.63) is 22.8 Å². The maximum Gasteiger partial charge on any atom is 0.201 e. The van der Waals surface area contributed by atoms with E-state index in [1.54, 1.807) is 6.07 Å². The van der Waals surface area contributed by atoms with Crippen LogP contribution in [-0.4, -0.2) is 34.0 Å². The molecule has 1 fully saturated rings. The van der Waals surface area contributed by atoms with Crippen LogP contribution in [0.3, 0.4) is 0 Å². The number of aromatic hydroxyl groups is 1. The molecule has 3 rings (SSSR count). The maximum absolute atomic E-state index is 11.8. The number of aldehydes is 1. The molecule has 0 bridgehead atoms. The molecule has 1 heterocycles. The van der Waals surface area contributed by atoms with E-state index >= 15 is 0 Å². The molecule has 1 saturated carbocycles. The highest BCUT2D eigenvalue weighted by atomic mass is 16.6. The molecular weight excluding hydrogens is 320 g/mol. The SMILES string of the molecule is CC(C)c1cc(C=O)c2c(c1O)OC(O)C1C(C)(C)CC(O)CC21C. The summed E-state index contributed by atoms with van der Waals surface area (Å²) in [6.07, 6.45) is 0.0981. The van der Waals surface area contributed by atoms with Gasteiger partial charge in [0.05, 0.1) is 6.10 Å². The molecule has 3 N–H and O–H groups in total. The summed E-state index contributed by atoms with van der Waals surface area (Å²) in [5.41, 5.74) is 0.631. The van der Waals surface area contributed by atoms with Gasteiger partial charge in [0.1, 0.15) is 0 Å². The molecule has 1 aliphatic carbocycles. The smallest absolute Gasteiger partial charge is 0.201 e. The van der Waals surface area contributed by atoms with Crippen LogP contribution in [0.25, 0.3) is 0 Å². The van der Waals surface area contributed by atoms with Crippen LogP contribution in [0.4, 0.5) is 0 Å². The Labute approximate surface area is 148 Å². The van der Waals surface area contributed by atoms with Crippen LogP contribution in [0, 0.1) is 11.3 Å². The molecule has 0 radical (unpaired) electrons. The van der Waals surface area contributed by atoms with Gasteiger partial charge in [0, 0.05) is 28.0 Å². The molecule has 2 aliphatic rings. The Morgan fingerprint density at radius 3 is 2.44 bits per heavy atom. The Balaban J connectivity index is 2.32. The Bertz CT molecular complexity index is 709. The van der Waals surface area contributed by atoms with Gasteiger partial charge in [-0.1, -0.05) is 34.6 Å². The van der Waals surface area contributed by atoms with Crippen LogP contribution in [0.2, 0.25) is 0 Å². The zero-order chi connectivity index (χ0) is 18.7. The third-order valence-electron chi connectivity index (χ3n) is 6.11. The van der Waals surface area contributed by atoms with E-state index in [1.165, 1.54) is 0 Å². The predicted molar refractivity (Wildman–Crippen MR) is 94.1 cm³/mol. The van der Waals surface area contributed by atoms with Gasteiger partial charge in [0.2, 0.25) is 6.29 Å². The normalized spacial score (nSPS) is 33.4. The number of hydrogen-bond donors (Lipinski definition) is 3. The number of rotatable bonds is 2. The third kappa shape index (κ3) is 2.56. The number of phenols is 1. The predicted octanol–water partition coefficient (Wildman–Crippen LogP) is 3.09. The van der Waals surface area contributed by atoms with Crippen LogP contribution in [0.5, 0.6) is 11.5 Å². The van der Waals surface area contributed by atoms with E-state index in [0.29, 0.717) is 29.5 Å². The lowest BCUT2D eigenvalue weighted by Gasteiger charge is -2.56. The van der Waals surface area contributed by atoms with Crippen LogP contribution >= 0.6 is 0 Å². The van der Waals surface area contributed by atoms with Gasteiger partial charge >= 0.3 is 0 Å². The van der Waals surface area contributed by atoms with E-state index in [1.807, 2.05) is 34.6 Å². The molecule has 1 aromatic rings. The molecule has 0 spiro atoms. The van der Waals surface area contributed by atoms with E-state index < -0.39 is 17.8 Å². The van der Waals surface area contributed by atoms with Gasteiger partial charge in [-0.25, -0.2) is 0 Å². The monoisotopic (exact) mass is 348 g/mol. The van der Waals surface area contributed by atoms with E-state index in [9.17, 15) is 20.1 Å². The fourth-order valence-corrected chi connectivity index (χ4v) is 5.36. The fraction of sp³-hybridized carbons (Fsp3) is 0.650. The number of fused-ring (bicyclic) bond motifs is 3. The highest BCUT2D eigenvalue weighted by Crippen LogP contribution is 2.60. The molecule has 0 amide bonds. The van der Waals surface area contributed by atoms with Gasteiger partial charge in [-0.15, -0.1) is 0 Å². The maximum atomic E-state index is 11.8. The number of ether oxygens (including phenoxy) is 1. The van der Waals surface area contributed by atoms with Crippen molar-refractivity contribution in [2.45, 2.75) is 71.2 Å². The lowest BCUT2D eigenvalue weighted by atomic mass is 9.52. The zero-order valence-electron chi connectivity index (χ0n) is 15.5. The Morgan fingerprint density at radius 1 is 1.24 bits per heavy atom. The van der Waals surface area contributed by atoms with Gasteiger partial charge < -0.3 is 20.1 Å². The minimum Gasteiger partial charge on any atom is -0.504 e. The molecule has 4 atom stereocenters. The quantitative estimate of drug-likeness (QED) is 0.715. The number of phenolic OH excluding ortho intramolecular Hbond substituents is 1. The van der Waals surface area contributed by atoms with Gasteiger partial charge in [-0.3, -0.25) is 4.79 Å². The summed E-state index contributed by atoms with van der Waals surface area (Å²) in [4.78, 5) is 11.8. The summed E-state index contributed by atoms with van der Waals surface area (Å²) in [6.45, 7) is 9.80. The Kier molecular flexibility index (Phi) is 4.16. The lowest BCUT2D eigenvalue weighted by Crippen LogP contribution is -2.58. The van der Waals surface area contributed by atoms with Crippen molar-refractivity contribution in [2.24, 2.45) is 11.3 Å². The van der Waals surface area contributed by atoms with E-state index in [2.05, 4.69) is 0 Å². The number of benzene rings is 1. The standard InChI is InChI=1S/C20H28O5/c1-10(2)13-6-11(9-21)14-16(15(13)23)25-18(24)17-19(3,4)7-12(22)8-20(14,17)5/h6,9-10,12,17-18,22-24H,7-8H2,1-5H3. The van der Waals surface area contributed by atoms with Crippen molar-refractivity contribution in [3.63, 3.8) is 0 Å². The molecule has 5 nitrogen and oxygen atoms in total. The average Bonchev–Trinajstić information content (AvgIpc) is 2.45. The first kappa shape index (κ1) is 18.2.